The zero-order chi connectivity index (χ0) is 17.9. The summed E-state index contributed by atoms with van der Waals surface area (Å²) in [6.07, 6.45) is 3.39. The van der Waals surface area contributed by atoms with Gasteiger partial charge in [-0.05, 0) is 48.2 Å². The summed E-state index contributed by atoms with van der Waals surface area (Å²) in [6, 6.07) is 8.36. The minimum Gasteiger partial charge on any atom is -0.495 e. The highest BCUT2D eigenvalue weighted by molar-refractivity contribution is 7.89. The van der Waals surface area contributed by atoms with Crippen LogP contribution >= 0.6 is 0 Å². The van der Waals surface area contributed by atoms with Crippen molar-refractivity contribution in [1.82, 2.24) is 29.9 Å². The maximum Gasteiger partial charge on any atom is 0.243 e. The van der Waals surface area contributed by atoms with Gasteiger partial charge < -0.3 is 4.74 Å². The van der Waals surface area contributed by atoms with E-state index < -0.39 is 10.0 Å². The van der Waals surface area contributed by atoms with Crippen LogP contribution in [-0.2, 0) is 16.6 Å². The van der Waals surface area contributed by atoms with Crippen molar-refractivity contribution in [3.05, 3.63) is 48.3 Å². The van der Waals surface area contributed by atoms with E-state index in [1.165, 1.54) is 25.0 Å². The van der Waals surface area contributed by atoms with Crippen molar-refractivity contribution in [2.24, 2.45) is 0 Å². The fourth-order valence-electron chi connectivity index (χ4n) is 2.22. The average molecular weight is 360 g/mol. The van der Waals surface area contributed by atoms with Crippen molar-refractivity contribution in [3.63, 3.8) is 0 Å². The van der Waals surface area contributed by atoms with E-state index in [-0.39, 0.29) is 10.6 Å². The third-order valence-electron chi connectivity index (χ3n) is 3.51. The molecule has 3 aromatic rings. The highest BCUT2D eigenvalue weighted by Gasteiger charge is 2.19. The van der Waals surface area contributed by atoms with Gasteiger partial charge in [-0.25, -0.2) is 13.1 Å². The minimum atomic E-state index is -3.62. The molecule has 0 saturated carbocycles. The molecule has 0 radical (unpaired) electrons. The molecular formula is C15H16N6O3S. The normalized spacial score (nSPS) is 11.4. The number of tetrazole rings is 1. The average Bonchev–Trinajstić information content (AvgIpc) is 3.10. The Morgan fingerprint density at radius 3 is 2.64 bits per heavy atom. The van der Waals surface area contributed by atoms with Crippen LogP contribution in [0.3, 0.4) is 0 Å². The molecule has 0 aliphatic heterocycles. The van der Waals surface area contributed by atoms with Gasteiger partial charge in [-0.2, -0.15) is 4.80 Å². The number of methoxy groups -OCH3 is 1. The molecule has 0 saturated heterocycles. The Hall–Kier alpha value is -2.85. The number of nitrogens with one attached hydrogen (secondary N) is 1. The first-order valence-corrected chi connectivity index (χ1v) is 8.80. The van der Waals surface area contributed by atoms with Gasteiger partial charge in [-0.15, -0.1) is 10.2 Å². The van der Waals surface area contributed by atoms with Gasteiger partial charge in [-0.1, -0.05) is 0 Å². The maximum absolute atomic E-state index is 12.0. The zero-order valence-corrected chi connectivity index (χ0v) is 14.4. The molecule has 0 bridgehead atoms. The third-order valence-corrected chi connectivity index (χ3v) is 4.96. The Bertz CT molecular complexity index is 972. The van der Waals surface area contributed by atoms with E-state index in [0.717, 1.165) is 5.56 Å². The van der Waals surface area contributed by atoms with Crippen LogP contribution in [0.5, 0.6) is 5.75 Å². The molecule has 0 spiro atoms. The first-order chi connectivity index (χ1) is 12.0. The Morgan fingerprint density at radius 2 is 1.96 bits per heavy atom. The van der Waals surface area contributed by atoms with Crippen molar-refractivity contribution in [3.8, 4) is 17.1 Å². The van der Waals surface area contributed by atoms with Gasteiger partial charge in [0, 0.05) is 18.0 Å². The molecule has 0 aliphatic rings. The van der Waals surface area contributed by atoms with Crippen molar-refractivity contribution >= 4 is 10.0 Å². The molecule has 10 heteroatoms. The summed E-state index contributed by atoms with van der Waals surface area (Å²) < 4.78 is 31.4. The summed E-state index contributed by atoms with van der Waals surface area (Å²) in [4.78, 5) is 5.46. The van der Waals surface area contributed by atoms with Gasteiger partial charge in [0.2, 0.25) is 15.8 Å². The first-order valence-electron chi connectivity index (χ1n) is 7.32. The van der Waals surface area contributed by atoms with Crippen LogP contribution in [0.4, 0.5) is 0 Å². The zero-order valence-electron chi connectivity index (χ0n) is 13.6. The summed E-state index contributed by atoms with van der Waals surface area (Å²) in [5.74, 6) is 0.582. The van der Waals surface area contributed by atoms with E-state index in [0.29, 0.717) is 17.9 Å². The standard InChI is InChI=1S/C15H16N6O3S/c1-16-25(22,23)14-4-3-12(9-13(14)24-2)15-18-20-21(19-15)10-11-5-7-17-8-6-11/h3-9,16H,10H2,1-2H3. The molecule has 9 nitrogen and oxygen atoms in total. The van der Waals surface area contributed by atoms with Crippen LogP contribution < -0.4 is 9.46 Å². The van der Waals surface area contributed by atoms with E-state index in [1.807, 2.05) is 12.1 Å². The molecule has 1 N–H and O–H groups in total. The molecular weight excluding hydrogens is 344 g/mol. The lowest BCUT2D eigenvalue weighted by atomic mass is 10.2. The summed E-state index contributed by atoms with van der Waals surface area (Å²) >= 11 is 0. The summed E-state index contributed by atoms with van der Waals surface area (Å²) in [7, 11) is -0.871. The second kappa shape index (κ2) is 6.95. The van der Waals surface area contributed by atoms with Crippen LogP contribution in [0.1, 0.15) is 5.56 Å². The Kier molecular flexibility index (Phi) is 4.72. The van der Waals surface area contributed by atoms with Crippen LogP contribution in [0.2, 0.25) is 0 Å². The summed E-state index contributed by atoms with van der Waals surface area (Å²) in [5, 5.41) is 12.3. The topological polar surface area (TPSA) is 112 Å². The van der Waals surface area contributed by atoms with E-state index in [2.05, 4.69) is 25.1 Å². The van der Waals surface area contributed by atoms with Crippen molar-refractivity contribution in [2.75, 3.05) is 14.2 Å². The van der Waals surface area contributed by atoms with E-state index >= 15 is 0 Å². The number of benzene rings is 1. The van der Waals surface area contributed by atoms with Crippen molar-refractivity contribution in [2.45, 2.75) is 11.4 Å². The second-order valence-electron chi connectivity index (χ2n) is 5.07. The number of rotatable bonds is 6. The van der Waals surface area contributed by atoms with Crippen molar-refractivity contribution in [1.29, 1.82) is 0 Å². The Balaban J connectivity index is 1.90. The molecule has 130 valence electrons. The molecule has 2 heterocycles. The molecule has 2 aromatic heterocycles. The van der Waals surface area contributed by atoms with Crippen LogP contribution in [0.25, 0.3) is 11.4 Å². The Morgan fingerprint density at radius 1 is 1.20 bits per heavy atom. The lowest BCUT2D eigenvalue weighted by Gasteiger charge is -2.09. The highest BCUT2D eigenvalue weighted by atomic mass is 32.2. The molecule has 1 aromatic carbocycles. The minimum absolute atomic E-state index is 0.0467. The molecule has 25 heavy (non-hydrogen) atoms. The fraction of sp³-hybridized carbons (Fsp3) is 0.200. The second-order valence-corrected chi connectivity index (χ2v) is 6.93. The number of pyridine rings is 1. The molecule has 3 rings (SSSR count). The van der Waals surface area contributed by atoms with Gasteiger partial charge >= 0.3 is 0 Å². The number of hydrogen-bond donors (Lipinski definition) is 1. The van der Waals surface area contributed by atoms with Crippen LogP contribution in [0.15, 0.2) is 47.6 Å². The highest BCUT2D eigenvalue weighted by Crippen LogP contribution is 2.28. The fourth-order valence-corrected chi connectivity index (χ4v) is 3.09. The van der Waals surface area contributed by atoms with Crippen LogP contribution in [-0.4, -0.2) is 47.8 Å². The van der Waals surface area contributed by atoms with Crippen molar-refractivity contribution < 1.29 is 13.2 Å². The van der Waals surface area contributed by atoms with Gasteiger partial charge in [0.25, 0.3) is 0 Å². The lowest BCUT2D eigenvalue weighted by Crippen LogP contribution is -2.19. The van der Waals surface area contributed by atoms with Gasteiger partial charge in [0.05, 0.1) is 13.7 Å². The number of nitrogens with zero attached hydrogens (tertiary/aromatic N) is 5. The number of sulfonamides is 1. The SMILES string of the molecule is CNS(=O)(=O)c1ccc(-c2nnn(Cc3ccncc3)n2)cc1OC. The number of hydrogen-bond acceptors (Lipinski definition) is 7. The molecule has 0 amide bonds. The molecule has 0 atom stereocenters. The number of ether oxygens (including phenoxy) is 1. The van der Waals surface area contributed by atoms with Crippen LogP contribution in [0, 0.1) is 0 Å². The lowest BCUT2D eigenvalue weighted by molar-refractivity contribution is 0.402. The third kappa shape index (κ3) is 3.64. The predicted molar refractivity (Wildman–Crippen MR) is 89.4 cm³/mol. The summed E-state index contributed by atoms with van der Waals surface area (Å²) in [6.45, 7) is 0.457. The largest absolute Gasteiger partial charge is 0.495 e. The van der Waals surface area contributed by atoms with Gasteiger partial charge in [-0.3, -0.25) is 4.98 Å². The van der Waals surface area contributed by atoms with Gasteiger partial charge in [0.15, 0.2) is 0 Å². The predicted octanol–water partition coefficient (Wildman–Crippen LogP) is 0.700. The quantitative estimate of drug-likeness (QED) is 0.688. The monoisotopic (exact) mass is 360 g/mol. The smallest absolute Gasteiger partial charge is 0.243 e. The molecule has 0 unspecified atom stereocenters. The van der Waals surface area contributed by atoms with Gasteiger partial charge in [0.1, 0.15) is 10.6 Å². The first kappa shape index (κ1) is 17.0. The van der Waals surface area contributed by atoms with E-state index in [4.69, 9.17) is 4.74 Å². The molecule has 0 fully saturated rings. The Labute approximate surface area is 144 Å². The maximum atomic E-state index is 12.0. The van der Waals surface area contributed by atoms with E-state index in [9.17, 15) is 8.42 Å². The number of aromatic nitrogens is 5. The summed E-state index contributed by atoms with van der Waals surface area (Å²) in [5.41, 5.74) is 1.60. The van der Waals surface area contributed by atoms with E-state index in [1.54, 1.807) is 24.5 Å². The molecule has 0 aliphatic carbocycles.